The average molecular weight is 305 g/mol. The van der Waals surface area contributed by atoms with Crippen molar-refractivity contribution in [3.8, 4) is 0 Å². The van der Waals surface area contributed by atoms with Crippen molar-refractivity contribution in [2.24, 2.45) is 0 Å². The maximum atomic E-state index is 11.5. The van der Waals surface area contributed by atoms with Crippen LogP contribution in [0.5, 0.6) is 0 Å². The van der Waals surface area contributed by atoms with Crippen molar-refractivity contribution < 1.29 is 19.6 Å². The number of carbonyl (C=O) groups is 2. The standard InChI is InChI=1S/C14H15N3O5/c18-13-4-3-8-6-12(17(21)22)11(7-9(8)15-13)16-5-1-2-10(16)14(19)20/h6-7,10H,1-5H2,(H,15,18)(H,19,20). The summed E-state index contributed by atoms with van der Waals surface area (Å²) in [5, 5.41) is 23.3. The van der Waals surface area contributed by atoms with Gasteiger partial charge in [-0.3, -0.25) is 14.9 Å². The first-order chi connectivity index (χ1) is 10.5. The molecule has 0 aromatic heterocycles. The number of aliphatic carboxylic acids is 1. The Bertz CT molecular complexity index is 673. The summed E-state index contributed by atoms with van der Waals surface area (Å²) in [7, 11) is 0. The van der Waals surface area contributed by atoms with E-state index in [1.807, 2.05) is 0 Å². The first-order valence-corrected chi connectivity index (χ1v) is 7.08. The number of amides is 1. The number of nitro benzene ring substituents is 1. The lowest BCUT2D eigenvalue weighted by Gasteiger charge is -2.26. The van der Waals surface area contributed by atoms with Gasteiger partial charge in [0.1, 0.15) is 11.7 Å². The van der Waals surface area contributed by atoms with Crippen LogP contribution in [0.25, 0.3) is 0 Å². The molecule has 1 fully saturated rings. The van der Waals surface area contributed by atoms with Crippen molar-refractivity contribution in [1.82, 2.24) is 0 Å². The van der Waals surface area contributed by atoms with Crippen molar-refractivity contribution in [2.45, 2.75) is 31.7 Å². The van der Waals surface area contributed by atoms with Crippen LogP contribution in [0.1, 0.15) is 24.8 Å². The lowest BCUT2D eigenvalue weighted by molar-refractivity contribution is -0.384. The number of aryl methyl sites for hydroxylation is 1. The van der Waals surface area contributed by atoms with Crippen LogP contribution in [0.3, 0.4) is 0 Å². The van der Waals surface area contributed by atoms with Gasteiger partial charge in [-0.2, -0.15) is 0 Å². The number of fused-ring (bicyclic) bond motifs is 1. The molecule has 22 heavy (non-hydrogen) atoms. The average Bonchev–Trinajstić information content (AvgIpc) is 2.95. The first-order valence-electron chi connectivity index (χ1n) is 7.08. The van der Waals surface area contributed by atoms with Gasteiger partial charge in [-0.25, -0.2) is 4.79 Å². The number of nitrogens with one attached hydrogen (secondary N) is 1. The number of rotatable bonds is 3. The molecule has 1 saturated heterocycles. The van der Waals surface area contributed by atoms with E-state index in [4.69, 9.17) is 0 Å². The molecule has 2 N–H and O–H groups in total. The van der Waals surface area contributed by atoms with E-state index in [1.165, 1.54) is 12.1 Å². The van der Waals surface area contributed by atoms with Crippen molar-refractivity contribution in [3.05, 3.63) is 27.8 Å². The summed E-state index contributed by atoms with van der Waals surface area (Å²) >= 11 is 0. The van der Waals surface area contributed by atoms with E-state index in [0.717, 1.165) is 0 Å². The Labute approximate surface area is 125 Å². The summed E-state index contributed by atoms with van der Waals surface area (Å²) in [6.07, 6.45) is 1.86. The fraction of sp³-hybridized carbons (Fsp3) is 0.429. The molecule has 1 atom stereocenters. The van der Waals surface area contributed by atoms with Gasteiger partial charge in [0.15, 0.2) is 0 Å². The summed E-state index contributed by atoms with van der Waals surface area (Å²) in [5.74, 6) is -1.13. The summed E-state index contributed by atoms with van der Waals surface area (Å²) in [5.41, 5.74) is 1.40. The first kappa shape index (κ1) is 14.3. The van der Waals surface area contributed by atoms with Crippen LogP contribution in [-0.4, -0.2) is 34.5 Å². The van der Waals surface area contributed by atoms with E-state index in [0.29, 0.717) is 43.5 Å². The fourth-order valence-electron chi connectivity index (χ4n) is 3.09. The minimum atomic E-state index is -0.992. The van der Waals surface area contributed by atoms with Crippen LogP contribution in [0, 0.1) is 10.1 Å². The molecule has 1 unspecified atom stereocenters. The number of hydrogen-bond acceptors (Lipinski definition) is 5. The Kier molecular flexibility index (Phi) is 3.44. The topological polar surface area (TPSA) is 113 Å². The third kappa shape index (κ3) is 2.36. The van der Waals surface area contributed by atoms with Gasteiger partial charge in [-0.05, 0) is 30.9 Å². The second-order valence-corrected chi connectivity index (χ2v) is 5.49. The molecule has 1 aromatic rings. The van der Waals surface area contributed by atoms with Gasteiger partial charge in [0.25, 0.3) is 5.69 Å². The molecule has 0 saturated carbocycles. The molecule has 8 nitrogen and oxygen atoms in total. The largest absolute Gasteiger partial charge is 0.480 e. The second kappa shape index (κ2) is 5.28. The van der Waals surface area contributed by atoms with Crippen LogP contribution in [0.15, 0.2) is 12.1 Å². The fourth-order valence-corrected chi connectivity index (χ4v) is 3.09. The molecule has 2 heterocycles. The number of carboxylic acid groups (broad SMARTS) is 1. The Balaban J connectivity index is 2.09. The summed E-state index contributed by atoms with van der Waals surface area (Å²) in [4.78, 5) is 35.2. The highest BCUT2D eigenvalue weighted by atomic mass is 16.6. The molecule has 1 amide bonds. The molecule has 1 aromatic carbocycles. The molecule has 0 radical (unpaired) electrons. The normalized spacial score (nSPS) is 20.5. The van der Waals surface area contributed by atoms with Crippen LogP contribution in [0.4, 0.5) is 17.1 Å². The highest BCUT2D eigenvalue weighted by Gasteiger charge is 2.35. The predicted octanol–water partition coefficient (Wildman–Crippen LogP) is 1.53. The monoisotopic (exact) mass is 305 g/mol. The molecule has 3 rings (SSSR count). The number of anilines is 2. The van der Waals surface area contributed by atoms with Crippen molar-refractivity contribution in [3.63, 3.8) is 0 Å². The van der Waals surface area contributed by atoms with Crippen molar-refractivity contribution in [1.29, 1.82) is 0 Å². The summed E-state index contributed by atoms with van der Waals surface area (Å²) in [6.45, 7) is 0.449. The number of benzene rings is 1. The SMILES string of the molecule is O=C1CCc2cc([N+](=O)[O-])c(N3CCCC3C(=O)O)cc2N1. The third-order valence-corrected chi connectivity index (χ3v) is 4.14. The van der Waals surface area contributed by atoms with Crippen LogP contribution in [-0.2, 0) is 16.0 Å². The lowest BCUT2D eigenvalue weighted by Crippen LogP contribution is -2.36. The van der Waals surface area contributed by atoms with E-state index in [2.05, 4.69) is 5.32 Å². The summed E-state index contributed by atoms with van der Waals surface area (Å²) in [6, 6.07) is 2.21. The Morgan fingerprint density at radius 1 is 1.41 bits per heavy atom. The number of nitro groups is 1. The minimum absolute atomic E-state index is 0.108. The molecule has 2 aliphatic rings. The van der Waals surface area contributed by atoms with Gasteiger partial charge in [0.2, 0.25) is 5.91 Å². The number of carboxylic acids is 1. The Morgan fingerprint density at radius 2 is 2.18 bits per heavy atom. The Morgan fingerprint density at radius 3 is 2.86 bits per heavy atom. The maximum absolute atomic E-state index is 11.5. The molecule has 2 aliphatic heterocycles. The number of nitrogens with zero attached hydrogens (tertiary/aromatic N) is 2. The third-order valence-electron chi connectivity index (χ3n) is 4.14. The highest BCUT2D eigenvalue weighted by Crippen LogP contribution is 2.39. The van der Waals surface area contributed by atoms with Crippen LogP contribution in [0.2, 0.25) is 0 Å². The van der Waals surface area contributed by atoms with Gasteiger partial charge in [-0.15, -0.1) is 0 Å². The molecule has 0 aliphatic carbocycles. The van der Waals surface area contributed by atoms with Crippen molar-refractivity contribution in [2.75, 3.05) is 16.8 Å². The molecular formula is C14H15N3O5. The molecule has 0 bridgehead atoms. The van der Waals surface area contributed by atoms with Crippen LogP contribution >= 0.6 is 0 Å². The van der Waals surface area contributed by atoms with E-state index in [1.54, 1.807) is 4.90 Å². The van der Waals surface area contributed by atoms with E-state index in [9.17, 15) is 24.8 Å². The second-order valence-electron chi connectivity index (χ2n) is 5.49. The molecule has 116 valence electrons. The minimum Gasteiger partial charge on any atom is -0.480 e. The molecular weight excluding hydrogens is 290 g/mol. The smallest absolute Gasteiger partial charge is 0.326 e. The zero-order valence-electron chi connectivity index (χ0n) is 11.7. The van der Waals surface area contributed by atoms with Gasteiger partial charge >= 0.3 is 5.97 Å². The van der Waals surface area contributed by atoms with E-state index < -0.39 is 16.9 Å². The van der Waals surface area contributed by atoms with Crippen LogP contribution < -0.4 is 10.2 Å². The zero-order valence-corrected chi connectivity index (χ0v) is 11.7. The Hall–Kier alpha value is -2.64. The van der Waals surface area contributed by atoms with Gasteiger partial charge in [0, 0.05) is 24.7 Å². The molecule has 0 spiro atoms. The molecule has 8 heteroatoms. The zero-order chi connectivity index (χ0) is 15.9. The maximum Gasteiger partial charge on any atom is 0.326 e. The van der Waals surface area contributed by atoms with Gasteiger partial charge < -0.3 is 15.3 Å². The number of hydrogen-bond donors (Lipinski definition) is 2. The lowest BCUT2D eigenvalue weighted by atomic mass is 10.0. The predicted molar refractivity (Wildman–Crippen MR) is 78.1 cm³/mol. The van der Waals surface area contributed by atoms with Gasteiger partial charge in [-0.1, -0.05) is 0 Å². The highest BCUT2D eigenvalue weighted by molar-refractivity contribution is 5.95. The van der Waals surface area contributed by atoms with E-state index in [-0.39, 0.29) is 17.3 Å². The van der Waals surface area contributed by atoms with Crippen molar-refractivity contribution >= 4 is 28.9 Å². The quantitative estimate of drug-likeness (QED) is 0.647. The van der Waals surface area contributed by atoms with Gasteiger partial charge in [0.05, 0.1) is 4.92 Å². The van der Waals surface area contributed by atoms with E-state index >= 15 is 0 Å². The number of carbonyl (C=O) groups excluding carboxylic acids is 1. The summed E-state index contributed by atoms with van der Waals surface area (Å²) < 4.78 is 0.